The standard InChI is InChI=1S/C19H29N3/c1-14(2)6-8-17-10-18(9-7-15(3)4)12-19(11-17)22-13-16(5)20-21-22/h10-15H,6-9H2,1-5H3. The predicted octanol–water partition coefficient (Wildman–Crippen LogP) is 4.75. The maximum atomic E-state index is 4.23. The zero-order valence-corrected chi connectivity index (χ0v) is 14.6. The van der Waals surface area contributed by atoms with Gasteiger partial charge in [0.1, 0.15) is 0 Å². The maximum Gasteiger partial charge on any atom is 0.0800 e. The summed E-state index contributed by atoms with van der Waals surface area (Å²) in [4.78, 5) is 0. The van der Waals surface area contributed by atoms with Gasteiger partial charge in [0.15, 0.2) is 0 Å². The second-order valence-electron chi connectivity index (χ2n) is 7.18. The van der Waals surface area contributed by atoms with Gasteiger partial charge in [0.2, 0.25) is 0 Å². The Morgan fingerprint density at radius 2 is 1.45 bits per heavy atom. The van der Waals surface area contributed by atoms with Crippen LogP contribution in [0.15, 0.2) is 24.4 Å². The topological polar surface area (TPSA) is 30.7 Å². The molecule has 2 rings (SSSR count). The zero-order chi connectivity index (χ0) is 16.1. The molecule has 0 saturated heterocycles. The Hall–Kier alpha value is -1.64. The summed E-state index contributed by atoms with van der Waals surface area (Å²) in [5, 5.41) is 8.34. The van der Waals surface area contributed by atoms with E-state index in [-0.39, 0.29) is 0 Å². The van der Waals surface area contributed by atoms with Gasteiger partial charge in [-0.25, -0.2) is 4.68 Å². The van der Waals surface area contributed by atoms with Gasteiger partial charge >= 0.3 is 0 Å². The van der Waals surface area contributed by atoms with Crippen molar-refractivity contribution in [2.24, 2.45) is 11.8 Å². The van der Waals surface area contributed by atoms with Crippen molar-refractivity contribution in [2.45, 2.75) is 60.3 Å². The summed E-state index contributed by atoms with van der Waals surface area (Å²) in [5.41, 5.74) is 4.92. The van der Waals surface area contributed by atoms with E-state index in [9.17, 15) is 0 Å². The fourth-order valence-corrected chi connectivity index (χ4v) is 2.55. The fourth-order valence-electron chi connectivity index (χ4n) is 2.55. The molecule has 1 aromatic heterocycles. The molecule has 0 spiro atoms. The third-order valence-electron chi connectivity index (χ3n) is 3.93. The van der Waals surface area contributed by atoms with Crippen LogP contribution in [-0.4, -0.2) is 15.0 Å². The van der Waals surface area contributed by atoms with Gasteiger partial charge in [-0.1, -0.05) is 39.0 Å². The van der Waals surface area contributed by atoms with Crippen molar-refractivity contribution in [1.29, 1.82) is 0 Å². The lowest BCUT2D eigenvalue weighted by Crippen LogP contribution is -2.01. The molecular weight excluding hydrogens is 270 g/mol. The second kappa shape index (κ2) is 7.57. The SMILES string of the molecule is Cc1cn(-c2cc(CCC(C)C)cc(CCC(C)C)c2)nn1. The Kier molecular flexibility index (Phi) is 5.76. The van der Waals surface area contributed by atoms with Crippen LogP contribution in [0.1, 0.15) is 57.4 Å². The van der Waals surface area contributed by atoms with Crippen LogP contribution >= 0.6 is 0 Å². The molecule has 0 radical (unpaired) electrons. The zero-order valence-electron chi connectivity index (χ0n) is 14.6. The molecule has 3 heteroatoms. The first-order valence-electron chi connectivity index (χ1n) is 8.46. The molecule has 1 heterocycles. The van der Waals surface area contributed by atoms with Crippen LogP contribution in [0.4, 0.5) is 0 Å². The lowest BCUT2D eigenvalue weighted by atomic mass is 9.97. The Bertz CT molecular complexity index is 566. The highest BCUT2D eigenvalue weighted by Crippen LogP contribution is 2.19. The summed E-state index contributed by atoms with van der Waals surface area (Å²) in [6, 6.07) is 6.89. The van der Waals surface area contributed by atoms with E-state index in [4.69, 9.17) is 0 Å². The molecule has 0 aliphatic rings. The van der Waals surface area contributed by atoms with Crippen molar-refractivity contribution in [2.75, 3.05) is 0 Å². The largest absolute Gasteiger partial charge is 0.220 e. The van der Waals surface area contributed by atoms with Crippen molar-refractivity contribution in [3.05, 3.63) is 41.2 Å². The quantitative estimate of drug-likeness (QED) is 0.738. The molecule has 120 valence electrons. The van der Waals surface area contributed by atoms with Gasteiger partial charge in [0.05, 0.1) is 17.6 Å². The molecule has 0 saturated carbocycles. The molecule has 0 amide bonds. The van der Waals surface area contributed by atoms with E-state index in [0.717, 1.165) is 36.1 Å². The number of aromatic nitrogens is 3. The molecule has 0 bridgehead atoms. The van der Waals surface area contributed by atoms with Crippen molar-refractivity contribution in [1.82, 2.24) is 15.0 Å². The van der Waals surface area contributed by atoms with E-state index in [0.29, 0.717) is 0 Å². The molecule has 0 aliphatic carbocycles. The van der Waals surface area contributed by atoms with Crippen molar-refractivity contribution >= 4 is 0 Å². The van der Waals surface area contributed by atoms with Crippen LogP contribution in [-0.2, 0) is 12.8 Å². The van der Waals surface area contributed by atoms with Crippen LogP contribution < -0.4 is 0 Å². The van der Waals surface area contributed by atoms with Gasteiger partial charge < -0.3 is 0 Å². The minimum absolute atomic E-state index is 0.733. The van der Waals surface area contributed by atoms with Crippen LogP contribution in [0, 0.1) is 18.8 Å². The molecule has 0 fully saturated rings. The number of hydrogen-bond donors (Lipinski definition) is 0. The van der Waals surface area contributed by atoms with E-state index in [1.54, 1.807) is 0 Å². The number of hydrogen-bond acceptors (Lipinski definition) is 2. The number of aryl methyl sites for hydroxylation is 3. The Balaban J connectivity index is 2.26. The van der Waals surface area contributed by atoms with E-state index in [1.165, 1.54) is 24.0 Å². The Morgan fingerprint density at radius 3 is 1.86 bits per heavy atom. The van der Waals surface area contributed by atoms with E-state index in [2.05, 4.69) is 56.2 Å². The molecule has 2 aromatic rings. The third kappa shape index (κ3) is 4.97. The number of rotatable bonds is 7. The predicted molar refractivity (Wildman–Crippen MR) is 92.4 cm³/mol. The molecule has 22 heavy (non-hydrogen) atoms. The van der Waals surface area contributed by atoms with Crippen LogP contribution in [0.3, 0.4) is 0 Å². The first kappa shape index (κ1) is 16.7. The Labute approximate surface area is 134 Å². The lowest BCUT2D eigenvalue weighted by molar-refractivity contribution is 0.581. The van der Waals surface area contributed by atoms with Gasteiger partial charge in [0, 0.05) is 0 Å². The minimum Gasteiger partial charge on any atom is -0.220 e. The van der Waals surface area contributed by atoms with Crippen LogP contribution in [0.5, 0.6) is 0 Å². The number of nitrogens with zero attached hydrogens (tertiary/aromatic N) is 3. The molecule has 1 aromatic carbocycles. The highest BCUT2D eigenvalue weighted by Gasteiger charge is 2.07. The molecular formula is C19H29N3. The van der Waals surface area contributed by atoms with E-state index < -0.39 is 0 Å². The lowest BCUT2D eigenvalue weighted by Gasteiger charge is -2.12. The van der Waals surface area contributed by atoms with Gasteiger partial charge in [0.25, 0.3) is 0 Å². The Morgan fingerprint density at radius 1 is 0.909 bits per heavy atom. The number of benzene rings is 1. The molecule has 3 nitrogen and oxygen atoms in total. The van der Waals surface area contributed by atoms with E-state index in [1.807, 2.05) is 17.8 Å². The molecule has 0 aliphatic heterocycles. The summed E-state index contributed by atoms with van der Waals surface area (Å²) < 4.78 is 1.90. The normalized spacial score (nSPS) is 11.6. The van der Waals surface area contributed by atoms with Crippen molar-refractivity contribution in [3.63, 3.8) is 0 Å². The van der Waals surface area contributed by atoms with Gasteiger partial charge in [-0.3, -0.25) is 0 Å². The summed E-state index contributed by atoms with van der Waals surface area (Å²) in [7, 11) is 0. The smallest absolute Gasteiger partial charge is 0.0800 e. The molecule has 0 unspecified atom stereocenters. The first-order chi connectivity index (χ1) is 10.4. The second-order valence-corrected chi connectivity index (χ2v) is 7.18. The first-order valence-corrected chi connectivity index (χ1v) is 8.46. The van der Waals surface area contributed by atoms with Gasteiger partial charge in [-0.2, -0.15) is 0 Å². The van der Waals surface area contributed by atoms with Gasteiger partial charge in [-0.15, -0.1) is 5.10 Å². The summed E-state index contributed by atoms with van der Waals surface area (Å²) in [5.74, 6) is 1.47. The van der Waals surface area contributed by atoms with Crippen molar-refractivity contribution < 1.29 is 0 Å². The van der Waals surface area contributed by atoms with Crippen LogP contribution in [0.25, 0.3) is 5.69 Å². The highest BCUT2D eigenvalue weighted by molar-refractivity contribution is 5.40. The fraction of sp³-hybridized carbons (Fsp3) is 0.579. The van der Waals surface area contributed by atoms with Crippen LogP contribution in [0.2, 0.25) is 0 Å². The summed E-state index contributed by atoms with van der Waals surface area (Å²) in [6.45, 7) is 11.1. The monoisotopic (exact) mass is 299 g/mol. The minimum atomic E-state index is 0.733. The third-order valence-corrected chi connectivity index (χ3v) is 3.93. The average molecular weight is 299 g/mol. The maximum absolute atomic E-state index is 4.23. The summed E-state index contributed by atoms with van der Waals surface area (Å²) >= 11 is 0. The highest BCUT2D eigenvalue weighted by atomic mass is 15.4. The van der Waals surface area contributed by atoms with Crippen molar-refractivity contribution in [3.8, 4) is 5.69 Å². The van der Waals surface area contributed by atoms with Gasteiger partial charge in [-0.05, 0) is 67.7 Å². The average Bonchev–Trinajstić information content (AvgIpc) is 2.89. The molecule has 0 atom stereocenters. The summed E-state index contributed by atoms with van der Waals surface area (Å²) in [6.07, 6.45) is 6.71. The van der Waals surface area contributed by atoms with E-state index >= 15 is 0 Å². The molecule has 0 N–H and O–H groups in total.